The topological polar surface area (TPSA) is 58.1 Å². The molecule has 2 aliphatic rings. The van der Waals surface area contributed by atoms with Gasteiger partial charge in [0, 0.05) is 45.4 Å². The van der Waals surface area contributed by atoms with Crippen LogP contribution in [0.2, 0.25) is 0 Å². The Morgan fingerprint density at radius 2 is 1.93 bits per heavy atom. The minimum Gasteiger partial charge on any atom is -0.492 e. The highest BCUT2D eigenvalue weighted by Gasteiger charge is 2.19. The summed E-state index contributed by atoms with van der Waals surface area (Å²) in [5, 5.41) is 7.03. The lowest BCUT2D eigenvalue weighted by Crippen LogP contribution is -2.44. The third-order valence-electron chi connectivity index (χ3n) is 6.47. The maximum absolute atomic E-state index is 6.03. The first-order chi connectivity index (χ1) is 14.6. The quantitative estimate of drug-likeness (QED) is 0.502. The van der Waals surface area contributed by atoms with Gasteiger partial charge in [-0.3, -0.25) is 9.89 Å². The molecule has 6 heteroatoms. The molecular weight excluding hydrogens is 376 g/mol. The first-order valence-electron chi connectivity index (χ1n) is 11.6. The molecule has 1 aliphatic heterocycles. The molecule has 6 nitrogen and oxygen atoms in total. The summed E-state index contributed by atoms with van der Waals surface area (Å²) in [4.78, 5) is 6.80. The third-order valence-corrected chi connectivity index (χ3v) is 6.47. The van der Waals surface area contributed by atoms with Crippen molar-refractivity contribution in [2.75, 3.05) is 40.5 Å². The summed E-state index contributed by atoms with van der Waals surface area (Å²) in [7, 11) is 4.03. The van der Waals surface area contributed by atoms with E-state index in [1.165, 1.54) is 31.2 Å². The predicted molar refractivity (Wildman–Crippen MR) is 123 cm³/mol. The van der Waals surface area contributed by atoms with Crippen molar-refractivity contribution in [1.82, 2.24) is 15.5 Å². The molecule has 0 unspecified atom stereocenters. The minimum absolute atomic E-state index is 0.537. The molecular formula is C24H40N4O2. The third kappa shape index (κ3) is 7.47. The number of rotatable bonds is 8. The molecule has 168 valence electrons. The number of hydrogen-bond donors (Lipinski definition) is 2. The van der Waals surface area contributed by atoms with Gasteiger partial charge in [-0.05, 0) is 69.2 Å². The van der Waals surface area contributed by atoms with E-state index in [0.717, 1.165) is 56.8 Å². The zero-order chi connectivity index (χ0) is 21.2. The fourth-order valence-corrected chi connectivity index (χ4v) is 4.34. The van der Waals surface area contributed by atoms with E-state index >= 15 is 0 Å². The van der Waals surface area contributed by atoms with Gasteiger partial charge in [-0.2, -0.15) is 0 Å². The molecule has 1 heterocycles. The van der Waals surface area contributed by atoms with Crippen molar-refractivity contribution in [1.29, 1.82) is 0 Å². The summed E-state index contributed by atoms with van der Waals surface area (Å²) in [6.45, 7) is 6.48. The zero-order valence-corrected chi connectivity index (χ0v) is 19.0. The van der Waals surface area contributed by atoms with E-state index in [1.807, 2.05) is 13.1 Å². The molecule has 1 aliphatic carbocycles. The van der Waals surface area contributed by atoms with Crippen LogP contribution in [0.15, 0.2) is 29.3 Å². The van der Waals surface area contributed by atoms with Gasteiger partial charge in [0.25, 0.3) is 0 Å². The first kappa shape index (κ1) is 22.9. The zero-order valence-electron chi connectivity index (χ0n) is 19.0. The highest BCUT2D eigenvalue weighted by Crippen LogP contribution is 2.23. The molecule has 1 saturated heterocycles. The van der Waals surface area contributed by atoms with E-state index in [-0.39, 0.29) is 0 Å². The van der Waals surface area contributed by atoms with E-state index < -0.39 is 0 Å². The van der Waals surface area contributed by atoms with Crippen LogP contribution in [0.5, 0.6) is 5.75 Å². The molecule has 0 amide bonds. The van der Waals surface area contributed by atoms with Gasteiger partial charge in [0.2, 0.25) is 0 Å². The van der Waals surface area contributed by atoms with E-state index in [9.17, 15) is 0 Å². The van der Waals surface area contributed by atoms with Crippen LogP contribution in [0.25, 0.3) is 0 Å². The fraction of sp³-hybridized carbons (Fsp3) is 0.708. The Kier molecular flexibility index (Phi) is 9.27. The minimum atomic E-state index is 0.537. The van der Waals surface area contributed by atoms with Gasteiger partial charge in [-0.1, -0.05) is 19.1 Å². The summed E-state index contributed by atoms with van der Waals surface area (Å²) < 4.78 is 11.5. The molecule has 0 aromatic heterocycles. The van der Waals surface area contributed by atoms with Crippen LogP contribution in [-0.4, -0.2) is 63.4 Å². The number of aliphatic imine (C=N–C) groups is 1. The van der Waals surface area contributed by atoms with Gasteiger partial charge in [0.05, 0.1) is 0 Å². The SMILES string of the molecule is CN=C(NCc1cccc(OCCN(C)C2CCOCC2)c1)NC1CCC(C)CC1. The van der Waals surface area contributed by atoms with Crippen molar-refractivity contribution in [3.05, 3.63) is 29.8 Å². The van der Waals surface area contributed by atoms with Crippen LogP contribution >= 0.6 is 0 Å². The molecule has 2 N–H and O–H groups in total. The van der Waals surface area contributed by atoms with Crippen molar-refractivity contribution in [3.63, 3.8) is 0 Å². The van der Waals surface area contributed by atoms with E-state index in [0.29, 0.717) is 18.7 Å². The van der Waals surface area contributed by atoms with E-state index in [4.69, 9.17) is 9.47 Å². The highest BCUT2D eigenvalue weighted by molar-refractivity contribution is 5.79. The average Bonchev–Trinajstić information content (AvgIpc) is 2.79. The normalized spacial score (nSPS) is 23.4. The first-order valence-corrected chi connectivity index (χ1v) is 11.6. The molecule has 1 saturated carbocycles. The Morgan fingerprint density at radius 3 is 2.67 bits per heavy atom. The molecule has 0 spiro atoms. The number of ether oxygens (including phenoxy) is 2. The number of nitrogens with zero attached hydrogens (tertiary/aromatic N) is 2. The highest BCUT2D eigenvalue weighted by atomic mass is 16.5. The molecule has 1 aromatic carbocycles. The molecule has 0 atom stereocenters. The standard InChI is InChI=1S/C24H40N4O2/c1-19-7-9-21(10-8-19)27-24(25-2)26-18-20-5-4-6-23(17-20)30-16-13-28(3)22-11-14-29-15-12-22/h4-6,17,19,21-22H,7-16,18H2,1-3H3,(H2,25,26,27). The van der Waals surface area contributed by atoms with Gasteiger partial charge in [0.15, 0.2) is 5.96 Å². The fourth-order valence-electron chi connectivity index (χ4n) is 4.34. The monoisotopic (exact) mass is 416 g/mol. The number of likely N-dealkylation sites (N-methyl/N-ethyl adjacent to an activating group) is 1. The molecule has 30 heavy (non-hydrogen) atoms. The maximum Gasteiger partial charge on any atom is 0.191 e. The van der Waals surface area contributed by atoms with Crippen LogP contribution < -0.4 is 15.4 Å². The number of guanidine groups is 1. The Hall–Kier alpha value is -1.79. The van der Waals surface area contributed by atoms with E-state index in [2.05, 4.69) is 52.7 Å². The molecule has 1 aromatic rings. The van der Waals surface area contributed by atoms with Crippen molar-refractivity contribution >= 4 is 5.96 Å². The van der Waals surface area contributed by atoms with E-state index in [1.54, 1.807) is 0 Å². The van der Waals surface area contributed by atoms with Gasteiger partial charge < -0.3 is 20.1 Å². The van der Waals surface area contributed by atoms with Crippen molar-refractivity contribution in [3.8, 4) is 5.75 Å². The summed E-state index contributed by atoms with van der Waals surface area (Å²) in [5.74, 6) is 2.68. The maximum atomic E-state index is 6.03. The lowest BCUT2D eigenvalue weighted by atomic mass is 9.87. The summed E-state index contributed by atoms with van der Waals surface area (Å²) in [6, 6.07) is 9.50. The van der Waals surface area contributed by atoms with Crippen LogP contribution in [0.1, 0.15) is 51.0 Å². The van der Waals surface area contributed by atoms with Crippen LogP contribution in [-0.2, 0) is 11.3 Å². The second-order valence-corrected chi connectivity index (χ2v) is 8.85. The van der Waals surface area contributed by atoms with Crippen LogP contribution in [0.3, 0.4) is 0 Å². The lowest BCUT2D eigenvalue weighted by Gasteiger charge is -2.31. The number of nitrogens with one attached hydrogen (secondary N) is 2. The van der Waals surface area contributed by atoms with Gasteiger partial charge in [-0.15, -0.1) is 0 Å². The van der Waals surface area contributed by atoms with Crippen LogP contribution in [0, 0.1) is 5.92 Å². The smallest absolute Gasteiger partial charge is 0.191 e. The molecule has 2 fully saturated rings. The van der Waals surface area contributed by atoms with Crippen molar-refractivity contribution in [2.45, 2.75) is 64.1 Å². The van der Waals surface area contributed by atoms with Gasteiger partial charge >= 0.3 is 0 Å². The predicted octanol–water partition coefficient (Wildman–Crippen LogP) is 3.42. The Balaban J connectivity index is 1.39. The summed E-state index contributed by atoms with van der Waals surface area (Å²) >= 11 is 0. The van der Waals surface area contributed by atoms with Crippen molar-refractivity contribution in [2.24, 2.45) is 10.9 Å². The summed E-state index contributed by atoms with van der Waals surface area (Å²) in [6.07, 6.45) is 7.30. The Morgan fingerprint density at radius 1 is 1.17 bits per heavy atom. The van der Waals surface area contributed by atoms with Crippen molar-refractivity contribution < 1.29 is 9.47 Å². The average molecular weight is 417 g/mol. The Bertz CT molecular complexity index is 652. The second kappa shape index (κ2) is 12.2. The largest absolute Gasteiger partial charge is 0.492 e. The lowest BCUT2D eigenvalue weighted by molar-refractivity contribution is 0.0392. The van der Waals surface area contributed by atoms with Gasteiger partial charge in [0.1, 0.15) is 12.4 Å². The molecule has 0 bridgehead atoms. The second-order valence-electron chi connectivity index (χ2n) is 8.85. The summed E-state index contributed by atoms with van der Waals surface area (Å²) in [5.41, 5.74) is 1.20. The molecule has 3 rings (SSSR count). The number of hydrogen-bond acceptors (Lipinski definition) is 4. The van der Waals surface area contributed by atoms with Crippen LogP contribution in [0.4, 0.5) is 0 Å². The number of benzene rings is 1. The molecule has 0 radical (unpaired) electrons. The van der Waals surface area contributed by atoms with Gasteiger partial charge in [-0.25, -0.2) is 0 Å². The Labute approximate surface area is 182 Å².